The molecule has 0 spiro atoms. The van der Waals surface area contributed by atoms with Crippen LogP contribution in [0, 0.1) is 17.8 Å². The molecule has 0 aromatic heterocycles. The highest BCUT2D eigenvalue weighted by atomic mass is 16.5. The maximum atomic E-state index is 10.6. The molecule has 1 unspecified atom stereocenters. The lowest BCUT2D eigenvalue weighted by Crippen LogP contribution is -2.24. The van der Waals surface area contributed by atoms with Gasteiger partial charge in [-0.25, -0.2) is 4.79 Å². The molecule has 0 aliphatic carbocycles. The summed E-state index contributed by atoms with van der Waals surface area (Å²) < 4.78 is 9.42. The van der Waals surface area contributed by atoms with Gasteiger partial charge >= 0.3 is 5.97 Å². The number of amides is 1. The molecule has 0 saturated heterocycles. The molecule has 0 aliphatic rings. The van der Waals surface area contributed by atoms with Crippen LogP contribution in [0.1, 0.15) is 48.5 Å². The van der Waals surface area contributed by atoms with Gasteiger partial charge in [0.25, 0.3) is 0 Å². The maximum absolute atomic E-state index is 10.6. The Bertz CT molecular complexity index is 347. The molecule has 2 N–H and O–H groups in total. The summed E-state index contributed by atoms with van der Waals surface area (Å²) in [4.78, 5) is 20.4. The Morgan fingerprint density at radius 2 is 1.74 bits per heavy atom. The van der Waals surface area contributed by atoms with Gasteiger partial charge in [-0.3, -0.25) is 4.79 Å². The van der Waals surface area contributed by atoms with E-state index < -0.39 is 12.1 Å². The first-order valence-electron chi connectivity index (χ1n) is 7.58. The highest BCUT2D eigenvalue weighted by Crippen LogP contribution is 2.02. The van der Waals surface area contributed by atoms with E-state index in [9.17, 15) is 9.59 Å². The number of methoxy groups -OCH3 is 1. The quantitative estimate of drug-likeness (QED) is 0.355. The average molecular weight is 331 g/mol. The predicted molar refractivity (Wildman–Crippen MR) is 91.8 cm³/mol. The van der Waals surface area contributed by atoms with Gasteiger partial charge in [-0.05, 0) is 33.6 Å². The molecule has 0 heterocycles. The Hall–Kier alpha value is -1.58. The van der Waals surface area contributed by atoms with Gasteiger partial charge < -0.3 is 19.9 Å². The van der Waals surface area contributed by atoms with Crippen molar-refractivity contribution in [2.24, 2.45) is 5.92 Å². The monoisotopic (exact) mass is 331 g/mol. The number of hydrogen-bond donors (Lipinski definition) is 2. The molecule has 0 aromatic rings. The van der Waals surface area contributed by atoms with E-state index in [0.29, 0.717) is 6.41 Å². The van der Waals surface area contributed by atoms with E-state index in [2.05, 4.69) is 42.7 Å². The zero-order chi connectivity index (χ0) is 18.9. The van der Waals surface area contributed by atoms with E-state index in [1.165, 1.54) is 0 Å². The van der Waals surface area contributed by atoms with Crippen LogP contribution < -0.4 is 5.32 Å². The van der Waals surface area contributed by atoms with Gasteiger partial charge in [0.2, 0.25) is 6.41 Å². The molecular weight excluding hydrogens is 298 g/mol. The Kier molecular flexibility index (Phi) is 19.2. The Morgan fingerprint density at radius 1 is 1.30 bits per heavy atom. The minimum absolute atomic E-state index is 0.00406. The minimum Gasteiger partial charge on any atom is -0.456 e. The van der Waals surface area contributed by atoms with Gasteiger partial charge in [0.1, 0.15) is 6.10 Å². The van der Waals surface area contributed by atoms with Crippen LogP contribution >= 0.6 is 0 Å². The van der Waals surface area contributed by atoms with Gasteiger partial charge in [-0.1, -0.05) is 26.7 Å². The fraction of sp³-hybridized carbons (Fsp3) is 0.765. The number of aliphatic hydroxyl groups excluding tert-OH is 1. The minimum atomic E-state index is -1.05. The molecule has 6 nitrogen and oxygen atoms in total. The Balaban J connectivity index is -0.000000330. The van der Waals surface area contributed by atoms with Crippen molar-refractivity contribution < 1.29 is 24.2 Å². The Morgan fingerprint density at radius 3 is 2.04 bits per heavy atom. The maximum Gasteiger partial charge on any atom is 0.384 e. The molecule has 136 valence electrons. The summed E-state index contributed by atoms with van der Waals surface area (Å²) in [7, 11) is 1.71. The van der Waals surface area contributed by atoms with Gasteiger partial charge in [-0.15, -0.1) is 0 Å². The number of nitrogens with one attached hydrogen (secondary N) is 1. The largest absolute Gasteiger partial charge is 0.456 e. The third-order valence-corrected chi connectivity index (χ3v) is 1.62. The first-order chi connectivity index (χ1) is 10.5. The molecule has 0 aromatic carbocycles. The smallest absolute Gasteiger partial charge is 0.384 e. The van der Waals surface area contributed by atoms with E-state index in [4.69, 9.17) is 9.84 Å². The summed E-state index contributed by atoms with van der Waals surface area (Å²) in [5, 5.41) is 11.2. The Labute approximate surface area is 140 Å². The van der Waals surface area contributed by atoms with Gasteiger partial charge in [0.05, 0.1) is 18.8 Å². The molecule has 0 fully saturated rings. The van der Waals surface area contributed by atoms with E-state index in [1.807, 2.05) is 20.8 Å². The summed E-state index contributed by atoms with van der Waals surface area (Å²) in [6.07, 6.45) is -0.607. The summed E-state index contributed by atoms with van der Waals surface area (Å²) in [6, 6.07) is 0. The lowest BCUT2D eigenvalue weighted by molar-refractivity contribution is -0.136. The average Bonchev–Trinajstić information content (AvgIpc) is 2.42. The first kappa shape index (κ1) is 26.3. The zero-order valence-electron chi connectivity index (χ0n) is 15.7. The van der Waals surface area contributed by atoms with E-state index in [-0.39, 0.29) is 18.8 Å². The van der Waals surface area contributed by atoms with Crippen molar-refractivity contribution in [1.82, 2.24) is 5.32 Å². The molecule has 23 heavy (non-hydrogen) atoms. The standard InChI is InChI=1S/C8H11NO4.C5H12O.C4H10/c1-2-13-8(12)4-3-7(11)5-9-6-10;1-5(2,3)6-4;1-4(2)3/h6-7,11H,2,5H2,1H3,(H,9,10);1-4H3;4H,1-3H3. The molecule has 0 bridgehead atoms. The third-order valence-electron chi connectivity index (χ3n) is 1.62. The molecule has 6 heteroatoms. The predicted octanol–water partition coefficient (Wildman–Crippen LogP) is 1.75. The van der Waals surface area contributed by atoms with Crippen molar-refractivity contribution in [2.45, 2.75) is 60.2 Å². The number of hydrogen-bond acceptors (Lipinski definition) is 5. The molecule has 0 saturated carbocycles. The molecule has 0 rings (SSSR count). The normalized spacial score (nSPS) is 10.7. The van der Waals surface area contributed by atoms with Crippen LogP contribution in [0.5, 0.6) is 0 Å². The number of rotatable bonds is 4. The SMILES string of the molecule is CC(C)C.CCOC(=O)C#CC(O)CNC=O.COC(C)(C)C. The van der Waals surface area contributed by atoms with Crippen LogP contribution in [-0.4, -0.2) is 49.5 Å². The van der Waals surface area contributed by atoms with E-state index in [0.717, 1.165) is 5.92 Å². The van der Waals surface area contributed by atoms with E-state index >= 15 is 0 Å². The van der Waals surface area contributed by atoms with Crippen molar-refractivity contribution in [3.63, 3.8) is 0 Å². The van der Waals surface area contributed by atoms with Gasteiger partial charge in [-0.2, -0.15) is 0 Å². The number of ether oxygens (including phenoxy) is 2. The van der Waals surface area contributed by atoms with Crippen LogP contribution in [0.2, 0.25) is 0 Å². The van der Waals surface area contributed by atoms with E-state index in [1.54, 1.807) is 14.0 Å². The molecule has 1 amide bonds. The van der Waals surface area contributed by atoms with Crippen molar-refractivity contribution in [2.75, 3.05) is 20.3 Å². The molecule has 0 radical (unpaired) electrons. The topological polar surface area (TPSA) is 84.9 Å². The number of aliphatic hydroxyl groups is 1. The molecular formula is C17H33NO5. The summed E-state index contributed by atoms with van der Waals surface area (Å²) in [5.74, 6) is 4.43. The van der Waals surface area contributed by atoms with Crippen LogP contribution in [-0.2, 0) is 19.1 Å². The van der Waals surface area contributed by atoms with Crippen molar-refractivity contribution in [3.8, 4) is 11.8 Å². The number of carbonyl (C=O) groups is 2. The zero-order valence-corrected chi connectivity index (χ0v) is 15.7. The van der Waals surface area contributed by atoms with Gasteiger partial charge in [0, 0.05) is 13.0 Å². The van der Waals surface area contributed by atoms with Crippen molar-refractivity contribution in [1.29, 1.82) is 0 Å². The van der Waals surface area contributed by atoms with Crippen LogP contribution in [0.25, 0.3) is 0 Å². The second-order valence-corrected chi connectivity index (χ2v) is 6.08. The number of carbonyl (C=O) groups excluding carboxylic acids is 2. The lowest BCUT2D eigenvalue weighted by Gasteiger charge is -2.14. The highest BCUT2D eigenvalue weighted by Gasteiger charge is 2.04. The molecule has 1 atom stereocenters. The second kappa shape index (κ2) is 16.8. The fourth-order valence-electron chi connectivity index (χ4n) is 0.520. The highest BCUT2D eigenvalue weighted by molar-refractivity contribution is 5.88. The first-order valence-corrected chi connectivity index (χ1v) is 7.58. The molecule has 0 aliphatic heterocycles. The lowest BCUT2D eigenvalue weighted by atomic mass is 10.2. The number of esters is 1. The van der Waals surface area contributed by atoms with Crippen LogP contribution in [0.15, 0.2) is 0 Å². The summed E-state index contributed by atoms with van der Waals surface area (Å²) in [5.41, 5.74) is 0.0417. The van der Waals surface area contributed by atoms with Crippen molar-refractivity contribution in [3.05, 3.63) is 0 Å². The fourth-order valence-corrected chi connectivity index (χ4v) is 0.520. The second-order valence-electron chi connectivity index (χ2n) is 6.08. The van der Waals surface area contributed by atoms with Crippen LogP contribution in [0.4, 0.5) is 0 Å². The summed E-state index contributed by atoms with van der Waals surface area (Å²) >= 11 is 0. The van der Waals surface area contributed by atoms with Crippen molar-refractivity contribution >= 4 is 12.4 Å². The van der Waals surface area contributed by atoms with Gasteiger partial charge in [0.15, 0.2) is 0 Å². The van der Waals surface area contributed by atoms with Crippen LogP contribution in [0.3, 0.4) is 0 Å². The summed E-state index contributed by atoms with van der Waals surface area (Å²) in [6.45, 7) is 14.5. The third kappa shape index (κ3) is 38.5.